The van der Waals surface area contributed by atoms with Crippen molar-refractivity contribution in [1.82, 2.24) is 15.5 Å². The summed E-state index contributed by atoms with van der Waals surface area (Å²) in [7, 11) is 0. The third kappa shape index (κ3) is 5.24. The molecule has 0 spiro atoms. The average molecular weight is 185 g/mol. The van der Waals surface area contributed by atoms with Crippen LogP contribution in [0.25, 0.3) is 0 Å². The minimum Gasteiger partial charge on any atom is -0.314 e. The summed E-state index contributed by atoms with van der Waals surface area (Å²) in [4.78, 5) is 2.55. The molecule has 3 heteroatoms. The Morgan fingerprint density at radius 1 is 1.00 bits per heavy atom. The third-order valence-corrected chi connectivity index (χ3v) is 2.52. The van der Waals surface area contributed by atoms with Gasteiger partial charge in [-0.2, -0.15) is 0 Å². The zero-order chi connectivity index (χ0) is 9.36. The van der Waals surface area contributed by atoms with Crippen molar-refractivity contribution in [2.24, 2.45) is 0 Å². The van der Waals surface area contributed by atoms with Crippen molar-refractivity contribution in [3.63, 3.8) is 0 Å². The van der Waals surface area contributed by atoms with E-state index in [9.17, 15) is 0 Å². The fourth-order valence-electron chi connectivity index (χ4n) is 1.62. The largest absolute Gasteiger partial charge is 0.314 e. The van der Waals surface area contributed by atoms with Gasteiger partial charge in [0.25, 0.3) is 0 Å². The molecule has 2 N–H and O–H groups in total. The highest BCUT2D eigenvalue weighted by atomic mass is 15.2. The minimum absolute atomic E-state index is 1.11. The van der Waals surface area contributed by atoms with Crippen molar-refractivity contribution in [3.8, 4) is 0 Å². The van der Waals surface area contributed by atoms with E-state index in [0.717, 1.165) is 26.2 Å². The zero-order valence-electron chi connectivity index (χ0n) is 8.81. The molecule has 78 valence electrons. The summed E-state index contributed by atoms with van der Waals surface area (Å²) in [5.74, 6) is 0. The van der Waals surface area contributed by atoms with E-state index in [-0.39, 0.29) is 0 Å². The van der Waals surface area contributed by atoms with Crippen LogP contribution in [-0.4, -0.2) is 50.7 Å². The first-order valence-electron chi connectivity index (χ1n) is 5.57. The molecule has 1 fully saturated rings. The molecule has 0 aromatic rings. The quantitative estimate of drug-likeness (QED) is 0.661. The van der Waals surface area contributed by atoms with Crippen LogP contribution in [0.4, 0.5) is 0 Å². The molecule has 0 bridgehead atoms. The smallest absolute Gasteiger partial charge is 0.0107 e. The minimum atomic E-state index is 1.11. The molecule has 0 saturated carbocycles. The molecular weight excluding hydrogens is 162 g/mol. The molecule has 0 atom stereocenters. The summed E-state index contributed by atoms with van der Waals surface area (Å²) < 4.78 is 0. The summed E-state index contributed by atoms with van der Waals surface area (Å²) in [6.07, 6.45) is 2.64. The van der Waals surface area contributed by atoms with Crippen LogP contribution >= 0.6 is 0 Å². The van der Waals surface area contributed by atoms with Crippen molar-refractivity contribution in [1.29, 1.82) is 0 Å². The lowest BCUT2D eigenvalue weighted by Crippen LogP contribution is -2.34. The van der Waals surface area contributed by atoms with E-state index in [2.05, 4.69) is 22.5 Å². The first-order valence-corrected chi connectivity index (χ1v) is 5.57. The lowest BCUT2D eigenvalue weighted by atomic mass is 10.3. The van der Waals surface area contributed by atoms with Gasteiger partial charge in [-0.05, 0) is 13.0 Å². The molecule has 1 saturated heterocycles. The standard InChI is InChI=1S/C10H23N3/c1-2-3-8-13-9-6-11-4-5-12-7-10-13/h11-12H,2-10H2,1H3. The molecule has 3 nitrogen and oxygen atoms in total. The van der Waals surface area contributed by atoms with Crippen LogP contribution in [-0.2, 0) is 0 Å². The maximum absolute atomic E-state index is 3.43. The molecule has 0 amide bonds. The summed E-state index contributed by atoms with van der Waals surface area (Å²) in [5, 5.41) is 6.86. The number of rotatable bonds is 3. The van der Waals surface area contributed by atoms with Gasteiger partial charge in [0.1, 0.15) is 0 Å². The van der Waals surface area contributed by atoms with Gasteiger partial charge in [0, 0.05) is 39.3 Å². The van der Waals surface area contributed by atoms with Crippen molar-refractivity contribution in [2.45, 2.75) is 19.8 Å². The number of nitrogens with zero attached hydrogens (tertiary/aromatic N) is 1. The van der Waals surface area contributed by atoms with E-state index in [1.807, 2.05) is 0 Å². The van der Waals surface area contributed by atoms with Crippen LogP contribution in [0.2, 0.25) is 0 Å². The van der Waals surface area contributed by atoms with Crippen molar-refractivity contribution >= 4 is 0 Å². The highest BCUT2D eigenvalue weighted by molar-refractivity contribution is 4.65. The molecular formula is C10H23N3. The van der Waals surface area contributed by atoms with E-state index < -0.39 is 0 Å². The van der Waals surface area contributed by atoms with E-state index in [0.29, 0.717) is 0 Å². The second kappa shape index (κ2) is 7.30. The van der Waals surface area contributed by atoms with Gasteiger partial charge in [0.2, 0.25) is 0 Å². The number of nitrogens with one attached hydrogen (secondary N) is 2. The van der Waals surface area contributed by atoms with Crippen LogP contribution in [0.1, 0.15) is 19.8 Å². The topological polar surface area (TPSA) is 27.3 Å². The molecule has 0 radical (unpaired) electrons. The first kappa shape index (κ1) is 11.0. The van der Waals surface area contributed by atoms with Crippen LogP contribution in [0.5, 0.6) is 0 Å². The van der Waals surface area contributed by atoms with Gasteiger partial charge in [0.05, 0.1) is 0 Å². The monoisotopic (exact) mass is 185 g/mol. The summed E-state index contributed by atoms with van der Waals surface area (Å²) in [6, 6.07) is 0. The predicted octanol–water partition coefficient (Wildman–Crippen LogP) is 0.281. The van der Waals surface area contributed by atoms with Crippen LogP contribution in [0.15, 0.2) is 0 Å². The van der Waals surface area contributed by atoms with Gasteiger partial charge in [-0.1, -0.05) is 13.3 Å². The number of hydrogen-bond donors (Lipinski definition) is 2. The van der Waals surface area contributed by atoms with Crippen molar-refractivity contribution in [3.05, 3.63) is 0 Å². The number of unbranched alkanes of at least 4 members (excludes halogenated alkanes) is 1. The normalized spacial score (nSPS) is 21.9. The molecule has 0 unspecified atom stereocenters. The second-order valence-electron chi connectivity index (χ2n) is 3.70. The maximum Gasteiger partial charge on any atom is 0.0107 e. The van der Waals surface area contributed by atoms with Gasteiger partial charge >= 0.3 is 0 Å². The van der Waals surface area contributed by atoms with Crippen LogP contribution in [0.3, 0.4) is 0 Å². The lowest BCUT2D eigenvalue weighted by Gasteiger charge is -2.20. The Bertz CT molecular complexity index is 107. The molecule has 1 heterocycles. The molecule has 1 aliphatic rings. The van der Waals surface area contributed by atoms with Gasteiger partial charge in [0.15, 0.2) is 0 Å². The van der Waals surface area contributed by atoms with Gasteiger partial charge in [-0.25, -0.2) is 0 Å². The Hall–Kier alpha value is -0.120. The lowest BCUT2D eigenvalue weighted by molar-refractivity contribution is 0.276. The highest BCUT2D eigenvalue weighted by Gasteiger charge is 2.04. The average Bonchev–Trinajstić information content (AvgIpc) is 2.28. The Morgan fingerprint density at radius 3 is 2.15 bits per heavy atom. The van der Waals surface area contributed by atoms with E-state index >= 15 is 0 Å². The fourth-order valence-corrected chi connectivity index (χ4v) is 1.62. The number of hydrogen-bond acceptors (Lipinski definition) is 3. The molecule has 0 aliphatic carbocycles. The molecule has 13 heavy (non-hydrogen) atoms. The van der Waals surface area contributed by atoms with Gasteiger partial charge in [-0.3, -0.25) is 0 Å². The zero-order valence-corrected chi connectivity index (χ0v) is 8.81. The Morgan fingerprint density at radius 2 is 1.62 bits per heavy atom. The maximum atomic E-state index is 3.43. The van der Waals surface area contributed by atoms with E-state index in [1.54, 1.807) is 0 Å². The second-order valence-corrected chi connectivity index (χ2v) is 3.70. The molecule has 1 rings (SSSR count). The highest BCUT2D eigenvalue weighted by Crippen LogP contribution is 1.94. The fraction of sp³-hybridized carbons (Fsp3) is 1.00. The first-order chi connectivity index (χ1) is 6.43. The van der Waals surface area contributed by atoms with Crippen LogP contribution in [0, 0.1) is 0 Å². The van der Waals surface area contributed by atoms with Crippen LogP contribution < -0.4 is 10.6 Å². The SMILES string of the molecule is CCCCN1CCNCCNCC1. The predicted molar refractivity (Wildman–Crippen MR) is 57.1 cm³/mol. The Balaban J connectivity index is 2.16. The molecule has 0 aromatic heterocycles. The summed E-state index contributed by atoms with van der Waals surface area (Å²) in [5.41, 5.74) is 0. The van der Waals surface area contributed by atoms with E-state index in [1.165, 1.54) is 32.5 Å². The Labute approximate surface area is 81.9 Å². The van der Waals surface area contributed by atoms with Crippen molar-refractivity contribution < 1.29 is 0 Å². The summed E-state index contributed by atoms with van der Waals surface area (Å²) in [6.45, 7) is 10.5. The molecule has 1 aliphatic heterocycles. The Kier molecular flexibility index (Phi) is 6.15. The van der Waals surface area contributed by atoms with Crippen molar-refractivity contribution in [2.75, 3.05) is 45.8 Å². The van der Waals surface area contributed by atoms with Gasteiger partial charge < -0.3 is 15.5 Å². The van der Waals surface area contributed by atoms with Gasteiger partial charge in [-0.15, -0.1) is 0 Å². The van der Waals surface area contributed by atoms with E-state index in [4.69, 9.17) is 0 Å². The molecule has 0 aromatic carbocycles. The third-order valence-electron chi connectivity index (χ3n) is 2.52. The summed E-state index contributed by atoms with van der Waals surface area (Å²) >= 11 is 0.